The average Bonchev–Trinajstić information content (AvgIpc) is 2.45. The minimum Gasteiger partial charge on any atom is -0.409 e. The number of rotatable bonds is 9. The standard InChI is InChI=1S/C12H25N3O4/c1-5-12(2,19-4)11(16)15(8-9-18-3)7-6-10(13)14-17/h17H,5-9H2,1-4H3,(H2,13,14). The lowest BCUT2D eigenvalue weighted by Crippen LogP contribution is -2.49. The van der Waals surface area contributed by atoms with Gasteiger partial charge < -0.3 is 25.3 Å². The topological polar surface area (TPSA) is 97.4 Å². The molecule has 1 atom stereocenters. The quantitative estimate of drug-likeness (QED) is 0.275. The highest BCUT2D eigenvalue weighted by atomic mass is 16.5. The average molecular weight is 275 g/mol. The first kappa shape index (κ1) is 17.7. The van der Waals surface area contributed by atoms with E-state index in [1.165, 1.54) is 7.11 Å². The van der Waals surface area contributed by atoms with Gasteiger partial charge in [0.2, 0.25) is 0 Å². The number of carbonyl (C=O) groups is 1. The van der Waals surface area contributed by atoms with E-state index in [0.29, 0.717) is 32.5 Å². The molecule has 1 amide bonds. The van der Waals surface area contributed by atoms with Crippen LogP contribution in [0.5, 0.6) is 0 Å². The summed E-state index contributed by atoms with van der Waals surface area (Å²) in [7, 11) is 3.08. The fourth-order valence-electron chi connectivity index (χ4n) is 1.53. The molecular formula is C12H25N3O4. The maximum Gasteiger partial charge on any atom is 0.254 e. The van der Waals surface area contributed by atoms with Gasteiger partial charge in [0.1, 0.15) is 11.4 Å². The highest BCUT2D eigenvalue weighted by Crippen LogP contribution is 2.18. The molecule has 0 bridgehead atoms. The van der Waals surface area contributed by atoms with Gasteiger partial charge in [-0.3, -0.25) is 4.79 Å². The molecule has 7 nitrogen and oxygen atoms in total. The summed E-state index contributed by atoms with van der Waals surface area (Å²) in [6, 6.07) is 0. The minimum absolute atomic E-state index is 0.0887. The Balaban J connectivity index is 4.77. The van der Waals surface area contributed by atoms with E-state index < -0.39 is 5.60 Å². The second-order valence-electron chi connectivity index (χ2n) is 4.41. The van der Waals surface area contributed by atoms with E-state index in [1.54, 1.807) is 18.9 Å². The van der Waals surface area contributed by atoms with E-state index >= 15 is 0 Å². The molecule has 0 radical (unpaired) electrons. The van der Waals surface area contributed by atoms with Crippen molar-refractivity contribution in [3.63, 3.8) is 0 Å². The van der Waals surface area contributed by atoms with Crippen molar-refractivity contribution in [3.05, 3.63) is 0 Å². The molecule has 0 aliphatic heterocycles. The maximum absolute atomic E-state index is 12.4. The molecule has 0 saturated heterocycles. The monoisotopic (exact) mass is 275 g/mol. The molecule has 0 rings (SSSR count). The molecule has 3 N–H and O–H groups in total. The molecule has 0 heterocycles. The van der Waals surface area contributed by atoms with Gasteiger partial charge in [-0.1, -0.05) is 12.1 Å². The van der Waals surface area contributed by atoms with Crippen LogP contribution in [-0.4, -0.2) is 61.4 Å². The van der Waals surface area contributed by atoms with Crippen LogP contribution in [0.15, 0.2) is 5.16 Å². The fraction of sp³-hybridized carbons (Fsp3) is 0.833. The van der Waals surface area contributed by atoms with Gasteiger partial charge in [-0.15, -0.1) is 0 Å². The van der Waals surface area contributed by atoms with Crippen molar-refractivity contribution in [1.82, 2.24) is 4.90 Å². The second kappa shape index (κ2) is 8.71. The first-order valence-electron chi connectivity index (χ1n) is 6.25. The number of hydrogen-bond acceptors (Lipinski definition) is 5. The summed E-state index contributed by atoms with van der Waals surface area (Å²) in [5.41, 5.74) is 4.56. The molecule has 0 aliphatic carbocycles. The van der Waals surface area contributed by atoms with E-state index in [4.69, 9.17) is 20.4 Å². The van der Waals surface area contributed by atoms with Crippen LogP contribution in [0.3, 0.4) is 0 Å². The molecule has 0 aromatic heterocycles. The van der Waals surface area contributed by atoms with E-state index in [-0.39, 0.29) is 11.7 Å². The van der Waals surface area contributed by atoms with Gasteiger partial charge >= 0.3 is 0 Å². The number of methoxy groups -OCH3 is 2. The summed E-state index contributed by atoms with van der Waals surface area (Å²) in [6.45, 7) is 4.85. The Morgan fingerprint density at radius 1 is 1.42 bits per heavy atom. The Morgan fingerprint density at radius 2 is 2.05 bits per heavy atom. The molecule has 112 valence electrons. The molecule has 7 heteroatoms. The van der Waals surface area contributed by atoms with Crippen LogP contribution in [0, 0.1) is 0 Å². The normalized spacial score (nSPS) is 15.1. The Hall–Kier alpha value is -1.34. The lowest BCUT2D eigenvalue weighted by atomic mass is 10.0. The van der Waals surface area contributed by atoms with Crippen molar-refractivity contribution >= 4 is 11.7 Å². The molecule has 0 saturated carbocycles. The third-order valence-corrected chi connectivity index (χ3v) is 3.20. The van der Waals surface area contributed by atoms with Gasteiger partial charge in [-0.05, 0) is 13.3 Å². The van der Waals surface area contributed by atoms with E-state index in [2.05, 4.69) is 5.16 Å². The minimum atomic E-state index is -0.862. The molecule has 1 unspecified atom stereocenters. The van der Waals surface area contributed by atoms with Crippen molar-refractivity contribution in [2.75, 3.05) is 33.9 Å². The van der Waals surface area contributed by atoms with Gasteiger partial charge in [0.15, 0.2) is 0 Å². The van der Waals surface area contributed by atoms with Crippen LogP contribution >= 0.6 is 0 Å². The largest absolute Gasteiger partial charge is 0.409 e. The molecule has 0 spiro atoms. The van der Waals surface area contributed by atoms with Crippen LogP contribution in [-0.2, 0) is 14.3 Å². The number of nitrogens with zero attached hydrogens (tertiary/aromatic N) is 2. The third kappa shape index (κ3) is 5.44. The zero-order valence-electron chi connectivity index (χ0n) is 12.2. The zero-order valence-corrected chi connectivity index (χ0v) is 12.2. The van der Waals surface area contributed by atoms with Crippen molar-refractivity contribution in [2.24, 2.45) is 10.9 Å². The zero-order chi connectivity index (χ0) is 14.9. The molecule has 0 aromatic rings. The molecule has 0 aliphatic rings. The molecule has 0 aromatic carbocycles. The SMILES string of the molecule is CCC(C)(OC)C(=O)N(CCOC)CCC(N)=NO. The van der Waals surface area contributed by atoms with Crippen LogP contribution in [0.1, 0.15) is 26.7 Å². The summed E-state index contributed by atoms with van der Waals surface area (Å²) in [5.74, 6) is -0.0360. The summed E-state index contributed by atoms with van der Waals surface area (Å²) in [4.78, 5) is 14.0. The van der Waals surface area contributed by atoms with Crippen molar-refractivity contribution < 1.29 is 19.5 Å². The van der Waals surface area contributed by atoms with Crippen molar-refractivity contribution in [2.45, 2.75) is 32.3 Å². The van der Waals surface area contributed by atoms with Gasteiger partial charge in [-0.2, -0.15) is 0 Å². The first-order valence-corrected chi connectivity index (χ1v) is 6.25. The summed E-state index contributed by atoms with van der Waals surface area (Å²) >= 11 is 0. The van der Waals surface area contributed by atoms with E-state index in [0.717, 1.165) is 0 Å². The maximum atomic E-state index is 12.4. The third-order valence-electron chi connectivity index (χ3n) is 3.20. The van der Waals surface area contributed by atoms with Crippen LogP contribution in [0.4, 0.5) is 0 Å². The van der Waals surface area contributed by atoms with E-state index in [9.17, 15) is 4.79 Å². The fourth-order valence-corrected chi connectivity index (χ4v) is 1.53. The predicted octanol–water partition coefficient (Wildman–Crippen LogP) is 0.413. The number of oxime groups is 1. The van der Waals surface area contributed by atoms with Gasteiger partial charge in [0, 0.05) is 33.7 Å². The van der Waals surface area contributed by atoms with Crippen LogP contribution in [0.25, 0.3) is 0 Å². The second-order valence-corrected chi connectivity index (χ2v) is 4.41. The summed E-state index contributed by atoms with van der Waals surface area (Å²) < 4.78 is 10.3. The van der Waals surface area contributed by atoms with Gasteiger partial charge in [-0.25, -0.2) is 0 Å². The summed E-state index contributed by atoms with van der Waals surface area (Å²) in [6.07, 6.45) is 0.866. The number of amides is 1. The summed E-state index contributed by atoms with van der Waals surface area (Å²) in [5, 5.41) is 11.4. The Bertz CT molecular complexity index is 303. The van der Waals surface area contributed by atoms with E-state index in [1.807, 2.05) is 6.92 Å². The molecule has 0 fully saturated rings. The van der Waals surface area contributed by atoms with Crippen LogP contribution in [0.2, 0.25) is 0 Å². The number of nitrogens with two attached hydrogens (primary N) is 1. The molecular weight excluding hydrogens is 250 g/mol. The highest BCUT2D eigenvalue weighted by Gasteiger charge is 2.34. The Kier molecular flexibility index (Phi) is 8.09. The lowest BCUT2D eigenvalue weighted by molar-refractivity contribution is -0.153. The number of hydrogen-bond donors (Lipinski definition) is 2. The van der Waals surface area contributed by atoms with Crippen molar-refractivity contribution in [1.29, 1.82) is 0 Å². The van der Waals surface area contributed by atoms with Crippen molar-refractivity contribution in [3.8, 4) is 0 Å². The Labute approximate surface area is 114 Å². The number of amidine groups is 1. The highest BCUT2D eigenvalue weighted by molar-refractivity contribution is 5.86. The number of carbonyl (C=O) groups excluding carboxylic acids is 1. The van der Waals surface area contributed by atoms with Crippen LogP contribution < -0.4 is 5.73 Å². The van der Waals surface area contributed by atoms with Gasteiger partial charge in [0.25, 0.3) is 5.91 Å². The Morgan fingerprint density at radius 3 is 2.47 bits per heavy atom. The van der Waals surface area contributed by atoms with Gasteiger partial charge in [0.05, 0.1) is 6.61 Å². The number of ether oxygens (including phenoxy) is 2. The lowest BCUT2D eigenvalue weighted by Gasteiger charge is -2.32. The smallest absolute Gasteiger partial charge is 0.254 e. The molecule has 19 heavy (non-hydrogen) atoms. The first-order chi connectivity index (χ1) is 8.95. The predicted molar refractivity (Wildman–Crippen MR) is 72.2 cm³/mol.